The quantitative estimate of drug-likeness (QED) is 0.761. The van der Waals surface area contributed by atoms with Gasteiger partial charge in [0, 0.05) is 23.8 Å². The molecule has 18 heavy (non-hydrogen) atoms. The fourth-order valence-corrected chi connectivity index (χ4v) is 3.60. The average Bonchev–Trinajstić information content (AvgIpc) is 2.40. The number of thioether (sulfide) groups is 1. The van der Waals surface area contributed by atoms with Gasteiger partial charge < -0.3 is 0 Å². The number of aromatic nitrogens is 1. The second-order valence-electron chi connectivity index (χ2n) is 5.17. The van der Waals surface area contributed by atoms with Crippen molar-refractivity contribution in [1.82, 2.24) is 9.88 Å². The van der Waals surface area contributed by atoms with E-state index >= 15 is 0 Å². The minimum absolute atomic E-state index is 0.571. The highest BCUT2D eigenvalue weighted by Gasteiger charge is 2.27. The molecular formula is C15H24N2S. The van der Waals surface area contributed by atoms with Gasteiger partial charge in [-0.1, -0.05) is 19.4 Å². The zero-order valence-corrected chi connectivity index (χ0v) is 12.5. The number of hydrogen-bond acceptors (Lipinski definition) is 3. The molecule has 0 amide bonds. The fraction of sp³-hybridized carbons (Fsp3) is 0.667. The smallest absolute Gasteiger partial charge is 0.101 e. The highest BCUT2D eigenvalue weighted by atomic mass is 32.2. The maximum absolute atomic E-state index is 4.57. The third kappa shape index (κ3) is 3.07. The van der Waals surface area contributed by atoms with Gasteiger partial charge in [0.1, 0.15) is 5.03 Å². The summed E-state index contributed by atoms with van der Waals surface area (Å²) in [5.74, 6) is 1.10. The fourth-order valence-electron chi connectivity index (χ4n) is 2.82. The van der Waals surface area contributed by atoms with Crippen LogP contribution in [0, 0.1) is 0 Å². The lowest BCUT2D eigenvalue weighted by Crippen LogP contribution is -2.38. The number of hydrogen-bond donors (Lipinski definition) is 0. The Morgan fingerprint density at radius 1 is 1.44 bits per heavy atom. The zero-order chi connectivity index (χ0) is 13.0. The molecule has 0 aromatic carbocycles. The van der Waals surface area contributed by atoms with E-state index in [9.17, 15) is 0 Å². The molecule has 2 rings (SSSR count). The van der Waals surface area contributed by atoms with E-state index in [-0.39, 0.29) is 0 Å². The van der Waals surface area contributed by atoms with Crippen LogP contribution in [0.1, 0.15) is 51.6 Å². The van der Waals surface area contributed by atoms with Gasteiger partial charge in [0.25, 0.3) is 0 Å². The van der Waals surface area contributed by atoms with Crippen LogP contribution < -0.4 is 0 Å². The Morgan fingerprint density at radius 2 is 2.28 bits per heavy atom. The molecule has 100 valence electrons. The summed E-state index contributed by atoms with van der Waals surface area (Å²) in [5, 5.41) is 1.23. The average molecular weight is 264 g/mol. The van der Waals surface area contributed by atoms with Crippen molar-refractivity contribution in [3.63, 3.8) is 0 Å². The summed E-state index contributed by atoms with van der Waals surface area (Å²) in [6.45, 7) is 8.04. The first-order valence-electron chi connectivity index (χ1n) is 7.07. The van der Waals surface area contributed by atoms with Crippen LogP contribution in [-0.2, 0) is 0 Å². The Balaban J connectivity index is 2.27. The van der Waals surface area contributed by atoms with Crippen molar-refractivity contribution in [2.45, 2.75) is 57.1 Å². The Labute approximate surface area is 115 Å². The van der Waals surface area contributed by atoms with Gasteiger partial charge in [0.05, 0.1) is 0 Å². The maximum Gasteiger partial charge on any atom is 0.101 e. The Hall–Kier alpha value is -0.540. The van der Waals surface area contributed by atoms with Crippen LogP contribution in [0.25, 0.3) is 0 Å². The molecule has 1 aromatic rings. The summed E-state index contributed by atoms with van der Waals surface area (Å²) in [6, 6.07) is 5.55. The predicted octanol–water partition coefficient (Wildman–Crippen LogP) is 4.13. The van der Waals surface area contributed by atoms with Crippen LogP contribution in [0.2, 0.25) is 0 Å². The SMILES string of the molecule is CCSc1ncccc1[C@@H]1CCCCN1C(C)C. The van der Waals surface area contributed by atoms with Crippen LogP contribution in [0.3, 0.4) is 0 Å². The standard InChI is InChI=1S/C15H24N2S/c1-4-18-15-13(8-7-10-16-15)14-9-5-6-11-17(14)12(2)3/h7-8,10,12,14H,4-6,9,11H2,1-3H3/t14-/m0/s1. The zero-order valence-electron chi connectivity index (χ0n) is 11.7. The molecule has 2 heterocycles. The first-order valence-corrected chi connectivity index (χ1v) is 8.06. The molecule has 1 aliphatic rings. The van der Waals surface area contributed by atoms with Crippen molar-refractivity contribution in [3.05, 3.63) is 23.9 Å². The van der Waals surface area contributed by atoms with Crippen LogP contribution in [-0.4, -0.2) is 28.2 Å². The van der Waals surface area contributed by atoms with Crippen molar-refractivity contribution in [1.29, 1.82) is 0 Å². The molecule has 1 aromatic heterocycles. The molecule has 3 heteroatoms. The van der Waals surface area contributed by atoms with Gasteiger partial charge in [0.15, 0.2) is 0 Å². The third-order valence-corrected chi connectivity index (χ3v) is 4.55. The predicted molar refractivity (Wildman–Crippen MR) is 79.1 cm³/mol. The van der Waals surface area contributed by atoms with Gasteiger partial charge in [-0.2, -0.15) is 0 Å². The Kier molecular flexibility index (Phi) is 5.07. The molecule has 1 aliphatic heterocycles. The maximum atomic E-state index is 4.57. The number of rotatable bonds is 4. The number of pyridine rings is 1. The van der Waals surface area contributed by atoms with Crippen LogP contribution in [0.15, 0.2) is 23.4 Å². The first-order chi connectivity index (χ1) is 8.74. The lowest BCUT2D eigenvalue weighted by molar-refractivity contribution is 0.110. The third-order valence-electron chi connectivity index (χ3n) is 3.65. The van der Waals surface area contributed by atoms with E-state index in [0.717, 1.165) is 5.75 Å². The molecule has 0 aliphatic carbocycles. The molecule has 0 radical (unpaired) electrons. The Bertz CT molecular complexity index is 379. The molecule has 0 bridgehead atoms. The number of nitrogens with zero attached hydrogens (tertiary/aromatic N) is 2. The lowest BCUT2D eigenvalue weighted by atomic mass is 9.95. The number of likely N-dealkylation sites (tertiary alicyclic amines) is 1. The summed E-state index contributed by atoms with van der Waals surface area (Å²) in [4.78, 5) is 7.21. The summed E-state index contributed by atoms with van der Waals surface area (Å²) >= 11 is 1.87. The van der Waals surface area contributed by atoms with E-state index in [0.29, 0.717) is 12.1 Å². The first kappa shape index (κ1) is 13.9. The van der Waals surface area contributed by atoms with Gasteiger partial charge in [0.2, 0.25) is 0 Å². The highest BCUT2D eigenvalue weighted by Crippen LogP contribution is 2.36. The van der Waals surface area contributed by atoms with E-state index < -0.39 is 0 Å². The van der Waals surface area contributed by atoms with Crippen molar-refractivity contribution < 1.29 is 0 Å². The molecule has 0 spiro atoms. The molecule has 1 atom stereocenters. The normalized spacial score (nSPS) is 21.4. The molecule has 2 nitrogen and oxygen atoms in total. The summed E-state index contributed by atoms with van der Waals surface area (Å²) in [7, 11) is 0. The highest BCUT2D eigenvalue weighted by molar-refractivity contribution is 7.99. The summed E-state index contributed by atoms with van der Waals surface area (Å²) < 4.78 is 0. The lowest BCUT2D eigenvalue weighted by Gasteiger charge is -2.39. The second kappa shape index (κ2) is 6.58. The van der Waals surface area contributed by atoms with E-state index in [1.807, 2.05) is 18.0 Å². The van der Waals surface area contributed by atoms with Crippen molar-refractivity contribution in [2.75, 3.05) is 12.3 Å². The van der Waals surface area contributed by atoms with Crippen LogP contribution in [0.4, 0.5) is 0 Å². The molecule has 0 unspecified atom stereocenters. The van der Waals surface area contributed by atoms with E-state index in [4.69, 9.17) is 0 Å². The topological polar surface area (TPSA) is 16.1 Å². The van der Waals surface area contributed by atoms with Crippen LogP contribution in [0.5, 0.6) is 0 Å². The van der Waals surface area contributed by atoms with Gasteiger partial charge in [-0.15, -0.1) is 11.8 Å². The second-order valence-corrected chi connectivity index (χ2v) is 6.43. The van der Waals surface area contributed by atoms with Crippen molar-refractivity contribution >= 4 is 11.8 Å². The molecule has 1 saturated heterocycles. The van der Waals surface area contributed by atoms with Crippen molar-refractivity contribution in [3.8, 4) is 0 Å². The van der Waals surface area contributed by atoms with Gasteiger partial charge in [-0.3, -0.25) is 4.90 Å². The summed E-state index contributed by atoms with van der Waals surface area (Å²) in [5.41, 5.74) is 1.44. The largest absolute Gasteiger partial charge is 0.294 e. The molecule has 0 N–H and O–H groups in total. The van der Waals surface area contributed by atoms with Gasteiger partial charge in [-0.05, 0) is 45.1 Å². The Morgan fingerprint density at radius 3 is 3.00 bits per heavy atom. The van der Waals surface area contributed by atoms with Crippen LogP contribution >= 0.6 is 11.8 Å². The van der Waals surface area contributed by atoms with E-state index in [1.54, 1.807) is 0 Å². The molecule has 0 saturated carbocycles. The monoisotopic (exact) mass is 264 g/mol. The van der Waals surface area contributed by atoms with Gasteiger partial charge in [-0.25, -0.2) is 4.98 Å². The number of piperidine rings is 1. The minimum Gasteiger partial charge on any atom is -0.294 e. The summed E-state index contributed by atoms with van der Waals surface area (Å²) in [6.07, 6.45) is 5.88. The molecular weight excluding hydrogens is 240 g/mol. The van der Waals surface area contributed by atoms with Gasteiger partial charge >= 0.3 is 0 Å². The minimum atomic E-state index is 0.571. The molecule has 1 fully saturated rings. The van der Waals surface area contributed by atoms with Crippen molar-refractivity contribution in [2.24, 2.45) is 0 Å². The van der Waals surface area contributed by atoms with E-state index in [2.05, 4.69) is 42.8 Å². The van der Waals surface area contributed by atoms with E-state index in [1.165, 1.54) is 36.4 Å².